The predicted octanol–water partition coefficient (Wildman–Crippen LogP) is 3.99. The zero-order valence-corrected chi connectivity index (χ0v) is 9.89. The number of hydrogen-bond acceptors (Lipinski definition) is 0. The van der Waals surface area contributed by atoms with Crippen molar-refractivity contribution in [2.24, 2.45) is 0 Å². The molecule has 0 heterocycles. The average Bonchev–Trinajstić information content (AvgIpc) is 2.20. The highest BCUT2D eigenvalue weighted by Crippen LogP contribution is 2.21. The van der Waals surface area contributed by atoms with Crippen LogP contribution in [0.5, 0.6) is 0 Å². The minimum atomic E-state index is 0.215. The van der Waals surface area contributed by atoms with Crippen molar-refractivity contribution in [3.63, 3.8) is 0 Å². The SMILES string of the molecule is C#Cc1ccc(C(C)(C)C)cc1.CC. The van der Waals surface area contributed by atoms with Crippen molar-refractivity contribution in [1.82, 2.24) is 0 Å². The molecule has 1 aromatic rings. The van der Waals surface area contributed by atoms with E-state index in [9.17, 15) is 0 Å². The van der Waals surface area contributed by atoms with E-state index in [2.05, 4.69) is 38.8 Å². The van der Waals surface area contributed by atoms with Gasteiger partial charge in [-0.05, 0) is 23.1 Å². The minimum absolute atomic E-state index is 0.215. The van der Waals surface area contributed by atoms with E-state index in [1.807, 2.05) is 26.0 Å². The second-order valence-electron chi connectivity index (χ2n) is 3.97. The first-order valence-electron chi connectivity index (χ1n) is 5.11. The Labute approximate surface area is 88.4 Å². The zero-order chi connectivity index (χ0) is 11.2. The van der Waals surface area contributed by atoms with Crippen LogP contribution in [0.3, 0.4) is 0 Å². The van der Waals surface area contributed by atoms with E-state index in [1.165, 1.54) is 5.56 Å². The normalized spacial score (nSPS) is 9.71. The van der Waals surface area contributed by atoms with E-state index in [-0.39, 0.29) is 5.41 Å². The Morgan fingerprint density at radius 2 is 1.43 bits per heavy atom. The third kappa shape index (κ3) is 3.66. The largest absolute Gasteiger partial charge is 0.115 e. The smallest absolute Gasteiger partial charge is 0.0242 e. The number of terminal acetylenes is 1. The number of hydrogen-bond donors (Lipinski definition) is 0. The van der Waals surface area contributed by atoms with E-state index < -0.39 is 0 Å². The summed E-state index contributed by atoms with van der Waals surface area (Å²) in [4.78, 5) is 0. The van der Waals surface area contributed by atoms with Crippen LogP contribution < -0.4 is 0 Å². The van der Waals surface area contributed by atoms with Gasteiger partial charge in [0.25, 0.3) is 0 Å². The summed E-state index contributed by atoms with van der Waals surface area (Å²) in [6, 6.07) is 8.16. The van der Waals surface area contributed by atoms with E-state index in [0.717, 1.165) is 5.56 Å². The molecule has 0 atom stereocenters. The van der Waals surface area contributed by atoms with Crippen LogP contribution in [0.4, 0.5) is 0 Å². The van der Waals surface area contributed by atoms with Gasteiger partial charge in [0.1, 0.15) is 0 Å². The summed E-state index contributed by atoms with van der Waals surface area (Å²) in [5.74, 6) is 2.61. The Morgan fingerprint density at radius 1 is 1.00 bits per heavy atom. The molecule has 0 amide bonds. The zero-order valence-electron chi connectivity index (χ0n) is 9.89. The maximum atomic E-state index is 5.26. The lowest BCUT2D eigenvalue weighted by molar-refractivity contribution is 0.590. The second kappa shape index (κ2) is 5.50. The third-order valence-corrected chi connectivity index (χ3v) is 1.92. The van der Waals surface area contributed by atoms with E-state index in [4.69, 9.17) is 6.42 Å². The molecule has 0 fully saturated rings. The van der Waals surface area contributed by atoms with Crippen molar-refractivity contribution in [2.45, 2.75) is 40.0 Å². The summed E-state index contributed by atoms with van der Waals surface area (Å²) in [6.45, 7) is 10.6. The van der Waals surface area contributed by atoms with E-state index in [0.29, 0.717) is 0 Å². The summed E-state index contributed by atoms with van der Waals surface area (Å²) < 4.78 is 0. The Morgan fingerprint density at radius 3 is 1.71 bits per heavy atom. The van der Waals surface area contributed by atoms with Crippen molar-refractivity contribution >= 4 is 0 Å². The lowest BCUT2D eigenvalue weighted by Gasteiger charge is -2.18. The molecule has 14 heavy (non-hydrogen) atoms. The molecule has 0 aliphatic heterocycles. The quantitative estimate of drug-likeness (QED) is 0.540. The predicted molar refractivity (Wildman–Crippen MR) is 64.4 cm³/mol. The van der Waals surface area contributed by atoms with Gasteiger partial charge in [0.15, 0.2) is 0 Å². The highest BCUT2D eigenvalue weighted by molar-refractivity contribution is 5.36. The molecule has 0 radical (unpaired) electrons. The molecule has 0 heteroatoms. The molecule has 0 aliphatic rings. The monoisotopic (exact) mass is 188 g/mol. The summed E-state index contributed by atoms with van der Waals surface area (Å²) in [6.07, 6.45) is 5.26. The number of rotatable bonds is 0. The first kappa shape index (κ1) is 12.8. The van der Waals surface area contributed by atoms with Gasteiger partial charge in [-0.25, -0.2) is 0 Å². The maximum Gasteiger partial charge on any atom is 0.0242 e. The topological polar surface area (TPSA) is 0 Å². The Kier molecular flexibility index (Phi) is 5.02. The standard InChI is InChI=1S/C12H14.C2H6/c1-5-10-6-8-11(9-7-10)12(2,3)4;1-2/h1,6-9H,2-4H3;1-2H3. The highest BCUT2D eigenvalue weighted by Gasteiger charge is 2.12. The van der Waals surface area contributed by atoms with Crippen LogP contribution in [0.2, 0.25) is 0 Å². The van der Waals surface area contributed by atoms with Crippen molar-refractivity contribution in [2.75, 3.05) is 0 Å². The average molecular weight is 188 g/mol. The van der Waals surface area contributed by atoms with Crippen LogP contribution in [-0.2, 0) is 5.41 Å². The summed E-state index contributed by atoms with van der Waals surface area (Å²) in [5.41, 5.74) is 2.48. The van der Waals surface area contributed by atoms with E-state index >= 15 is 0 Å². The lowest BCUT2D eigenvalue weighted by atomic mass is 9.87. The Hall–Kier alpha value is -1.22. The minimum Gasteiger partial charge on any atom is -0.115 e. The van der Waals surface area contributed by atoms with Crippen LogP contribution in [0, 0.1) is 12.3 Å². The Balaban J connectivity index is 0.000000791. The maximum absolute atomic E-state index is 5.26. The van der Waals surface area contributed by atoms with Crippen LogP contribution in [0.1, 0.15) is 45.7 Å². The first-order valence-corrected chi connectivity index (χ1v) is 5.11. The molecule has 0 unspecified atom stereocenters. The molecule has 0 aliphatic carbocycles. The lowest BCUT2D eigenvalue weighted by Crippen LogP contribution is -2.10. The van der Waals surface area contributed by atoms with Crippen molar-refractivity contribution < 1.29 is 0 Å². The van der Waals surface area contributed by atoms with Gasteiger partial charge in [-0.2, -0.15) is 0 Å². The molecular formula is C14H20. The molecule has 0 aromatic heterocycles. The second-order valence-corrected chi connectivity index (χ2v) is 3.97. The van der Waals surface area contributed by atoms with Gasteiger partial charge in [-0.3, -0.25) is 0 Å². The first-order chi connectivity index (χ1) is 6.54. The molecule has 0 spiro atoms. The molecule has 0 N–H and O–H groups in total. The van der Waals surface area contributed by atoms with Gasteiger partial charge in [0, 0.05) is 5.56 Å². The molecule has 0 nitrogen and oxygen atoms in total. The Bertz CT molecular complexity index is 290. The van der Waals surface area contributed by atoms with Gasteiger partial charge in [0.05, 0.1) is 0 Å². The summed E-state index contributed by atoms with van der Waals surface area (Å²) in [7, 11) is 0. The molecule has 0 saturated carbocycles. The van der Waals surface area contributed by atoms with Gasteiger partial charge >= 0.3 is 0 Å². The molecule has 0 saturated heterocycles. The summed E-state index contributed by atoms with van der Waals surface area (Å²) in [5, 5.41) is 0. The highest BCUT2D eigenvalue weighted by atomic mass is 14.2. The summed E-state index contributed by atoms with van der Waals surface area (Å²) >= 11 is 0. The fourth-order valence-electron chi connectivity index (χ4n) is 1.07. The van der Waals surface area contributed by atoms with Crippen molar-refractivity contribution in [3.8, 4) is 12.3 Å². The van der Waals surface area contributed by atoms with Crippen molar-refractivity contribution in [1.29, 1.82) is 0 Å². The van der Waals surface area contributed by atoms with Crippen molar-refractivity contribution in [3.05, 3.63) is 35.4 Å². The molecule has 0 bridgehead atoms. The van der Waals surface area contributed by atoms with Gasteiger partial charge in [0.2, 0.25) is 0 Å². The van der Waals surface area contributed by atoms with Crippen LogP contribution in [-0.4, -0.2) is 0 Å². The van der Waals surface area contributed by atoms with Crippen LogP contribution in [0.25, 0.3) is 0 Å². The molecule has 1 rings (SSSR count). The molecule has 1 aromatic carbocycles. The van der Waals surface area contributed by atoms with Crippen LogP contribution >= 0.6 is 0 Å². The van der Waals surface area contributed by atoms with Gasteiger partial charge in [-0.1, -0.05) is 52.7 Å². The van der Waals surface area contributed by atoms with Gasteiger partial charge in [-0.15, -0.1) is 6.42 Å². The third-order valence-electron chi connectivity index (χ3n) is 1.92. The number of benzene rings is 1. The fraction of sp³-hybridized carbons (Fsp3) is 0.429. The van der Waals surface area contributed by atoms with E-state index in [1.54, 1.807) is 0 Å². The van der Waals surface area contributed by atoms with Crippen LogP contribution in [0.15, 0.2) is 24.3 Å². The molecule has 76 valence electrons. The molecular weight excluding hydrogens is 168 g/mol. The van der Waals surface area contributed by atoms with Gasteiger partial charge < -0.3 is 0 Å². The fourth-order valence-corrected chi connectivity index (χ4v) is 1.07.